The smallest absolute Gasteiger partial charge is 0.407 e. The van der Waals surface area contributed by atoms with Crippen LogP contribution >= 0.6 is 0 Å². The number of methoxy groups -OCH3 is 2. The third-order valence-electron chi connectivity index (χ3n) is 4.40. The molecule has 0 spiro atoms. The van der Waals surface area contributed by atoms with Crippen molar-refractivity contribution in [2.45, 2.75) is 44.9 Å². The highest BCUT2D eigenvalue weighted by Crippen LogP contribution is 2.32. The van der Waals surface area contributed by atoms with Crippen LogP contribution in [0, 0.1) is 0 Å². The molecule has 1 aliphatic heterocycles. The Morgan fingerprint density at radius 2 is 2.00 bits per heavy atom. The quantitative estimate of drug-likeness (QED) is 0.804. The normalized spacial score (nSPS) is 19.1. The number of nitrogens with zero attached hydrogens (tertiary/aromatic N) is 1. The molecule has 3 N–H and O–H groups in total. The first-order valence-corrected chi connectivity index (χ1v) is 8.93. The van der Waals surface area contributed by atoms with Gasteiger partial charge >= 0.3 is 6.09 Å². The first kappa shape index (κ1) is 20.3. The van der Waals surface area contributed by atoms with Gasteiger partial charge in [0, 0.05) is 31.7 Å². The molecule has 0 saturated carbocycles. The first-order valence-electron chi connectivity index (χ1n) is 8.93. The Morgan fingerprint density at radius 1 is 1.31 bits per heavy atom. The van der Waals surface area contributed by atoms with Gasteiger partial charge in [-0.2, -0.15) is 0 Å². The lowest BCUT2D eigenvalue weighted by atomic mass is 10.0. The number of carbonyl (C=O) groups excluding carboxylic acids is 1. The minimum atomic E-state index is -0.498. The second-order valence-corrected chi connectivity index (χ2v) is 7.49. The lowest BCUT2D eigenvalue weighted by Gasteiger charge is -2.28. The van der Waals surface area contributed by atoms with Crippen molar-refractivity contribution in [1.29, 1.82) is 0 Å². The van der Waals surface area contributed by atoms with Crippen molar-refractivity contribution in [1.82, 2.24) is 10.2 Å². The zero-order valence-electron chi connectivity index (χ0n) is 16.4. The number of alkyl carbamates (subject to hydrolysis) is 1. The van der Waals surface area contributed by atoms with Gasteiger partial charge in [0.25, 0.3) is 0 Å². The minimum absolute atomic E-state index is 0.0547. The topological polar surface area (TPSA) is 86.1 Å². The summed E-state index contributed by atoms with van der Waals surface area (Å²) in [6.07, 6.45) is 0.489. The molecular formula is C19H31N3O4. The molecule has 26 heavy (non-hydrogen) atoms. The number of ether oxygens (including phenoxy) is 3. The van der Waals surface area contributed by atoms with Crippen LogP contribution in [0.3, 0.4) is 0 Å². The number of likely N-dealkylation sites (tertiary alicyclic amines) is 1. The lowest BCUT2D eigenvalue weighted by Crippen LogP contribution is -2.41. The van der Waals surface area contributed by atoms with E-state index in [9.17, 15) is 4.79 Å². The van der Waals surface area contributed by atoms with Gasteiger partial charge in [-0.3, -0.25) is 4.90 Å². The number of nitrogens with one attached hydrogen (secondary N) is 1. The second kappa shape index (κ2) is 8.60. The molecule has 146 valence electrons. The third-order valence-corrected chi connectivity index (χ3v) is 4.40. The van der Waals surface area contributed by atoms with E-state index in [0.717, 1.165) is 25.1 Å². The van der Waals surface area contributed by atoms with Gasteiger partial charge < -0.3 is 25.3 Å². The predicted octanol–water partition coefficient (Wildman–Crippen LogP) is 2.30. The molecule has 0 radical (unpaired) electrons. The standard InChI is InChI=1S/C19H31N3O4/c1-19(2,3)26-18(23)21-14-8-9-22(12-14)15(11-20)13-6-7-16(24-4)17(10-13)25-5/h6-7,10,14-15H,8-9,11-12,20H2,1-5H3,(H,21,23)/t14-,15-/m1/s1. The van der Waals surface area contributed by atoms with E-state index in [0.29, 0.717) is 18.0 Å². The molecule has 0 aliphatic carbocycles. The first-order chi connectivity index (χ1) is 12.3. The Kier molecular flexibility index (Phi) is 6.72. The molecule has 1 saturated heterocycles. The second-order valence-electron chi connectivity index (χ2n) is 7.49. The SMILES string of the molecule is COc1ccc([C@@H](CN)N2CC[C@@H](NC(=O)OC(C)(C)C)C2)cc1OC. The molecule has 1 amide bonds. The number of nitrogens with two attached hydrogens (primary N) is 1. The Morgan fingerprint density at radius 3 is 2.58 bits per heavy atom. The number of benzene rings is 1. The van der Waals surface area contributed by atoms with Crippen LogP contribution in [0.25, 0.3) is 0 Å². The summed E-state index contributed by atoms with van der Waals surface area (Å²) >= 11 is 0. The van der Waals surface area contributed by atoms with Gasteiger partial charge in [-0.15, -0.1) is 0 Å². The Balaban J connectivity index is 2.02. The monoisotopic (exact) mass is 365 g/mol. The van der Waals surface area contributed by atoms with Crippen LogP contribution < -0.4 is 20.5 Å². The fourth-order valence-corrected chi connectivity index (χ4v) is 3.22. The molecule has 1 heterocycles. The van der Waals surface area contributed by atoms with Crippen LogP contribution in [0.2, 0.25) is 0 Å². The molecule has 7 nitrogen and oxygen atoms in total. The van der Waals surface area contributed by atoms with E-state index in [-0.39, 0.29) is 18.2 Å². The lowest BCUT2D eigenvalue weighted by molar-refractivity contribution is 0.0504. The largest absolute Gasteiger partial charge is 0.493 e. The molecule has 2 rings (SSSR count). The zero-order valence-corrected chi connectivity index (χ0v) is 16.4. The highest BCUT2D eigenvalue weighted by Gasteiger charge is 2.30. The number of hydrogen-bond donors (Lipinski definition) is 2. The van der Waals surface area contributed by atoms with E-state index in [1.807, 2.05) is 39.0 Å². The maximum absolute atomic E-state index is 12.0. The number of rotatable bonds is 6. The van der Waals surface area contributed by atoms with Crippen LogP contribution in [0.5, 0.6) is 11.5 Å². The summed E-state index contributed by atoms with van der Waals surface area (Å²) < 4.78 is 16.0. The van der Waals surface area contributed by atoms with Crippen molar-refractivity contribution in [2.75, 3.05) is 33.9 Å². The fraction of sp³-hybridized carbons (Fsp3) is 0.632. The Labute approximate surface area is 155 Å². The number of hydrogen-bond acceptors (Lipinski definition) is 6. The molecule has 0 aromatic heterocycles. The summed E-state index contributed by atoms with van der Waals surface area (Å²) in [5.41, 5.74) is 6.62. The molecular weight excluding hydrogens is 334 g/mol. The molecule has 0 bridgehead atoms. The number of amides is 1. The summed E-state index contributed by atoms with van der Waals surface area (Å²) in [4.78, 5) is 14.3. The van der Waals surface area contributed by atoms with Gasteiger partial charge in [0.2, 0.25) is 0 Å². The van der Waals surface area contributed by atoms with Crippen molar-refractivity contribution < 1.29 is 19.0 Å². The zero-order chi connectivity index (χ0) is 19.3. The Bertz CT molecular complexity index is 615. The van der Waals surface area contributed by atoms with Crippen LogP contribution in [0.1, 0.15) is 38.8 Å². The Hall–Kier alpha value is -1.99. The highest BCUT2D eigenvalue weighted by molar-refractivity contribution is 5.68. The molecule has 1 aliphatic rings. The summed E-state index contributed by atoms with van der Waals surface area (Å²) in [6.45, 7) is 7.64. The van der Waals surface area contributed by atoms with Gasteiger partial charge in [-0.25, -0.2) is 4.79 Å². The third kappa shape index (κ3) is 5.25. The molecule has 2 atom stereocenters. The molecule has 0 unspecified atom stereocenters. The van der Waals surface area contributed by atoms with Crippen molar-refractivity contribution in [2.24, 2.45) is 5.73 Å². The van der Waals surface area contributed by atoms with Gasteiger partial charge in [-0.05, 0) is 44.9 Å². The van der Waals surface area contributed by atoms with E-state index in [2.05, 4.69) is 10.2 Å². The highest BCUT2D eigenvalue weighted by atomic mass is 16.6. The van der Waals surface area contributed by atoms with E-state index in [1.54, 1.807) is 14.2 Å². The van der Waals surface area contributed by atoms with Crippen molar-refractivity contribution >= 4 is 6.09 Å². The predicted molar refractivity (Wildman–Crippen MR) is 101 cm³/mol. The van der Waals surface area contributed by atoms with Gasteiger partial charge in [-0.1, -0.05) is 6.07 Å². The molecule has 1 aromatic carbocycles. The average Bonchev–Trinajstić information content (AvgIpc) is 3.01. The summed E-state index contributed by atoms with van der Waals surface area (Å²) in [5.74, 6) is 1.38. The van der Waals surface area contributed by atoms with E-state index >= 15 is 0 Å². The van der Waals surface area contributed by atoms with Crippen molar-refractivity contribution in [3.63, 3.8) is 0 Å². The number of carbonyl (C=O) groups is 1. The maximum Gasteiger partial charge on any atom is 0.407 e. The van der Waals surface area contributed by atoms with Crippen LogP contribution in [-0.4, -0.2) is 56.5 Å². The van der Waals surface area contributed by atoms with Crippen molar-refractivity contribution in [3.8, 4) is 11.5 Å². The molecule has 1 aromatic rings. The maximum atomic E-state index is 12.0. The van der Waals surface area contributed by atoms with Gasteiger partial charge in [0.05, 0.1) is 14.2 Å². The van der Waals surface area contributed by atoms with Crippen LogP contribution in [-0.2, 0) is 4.74 Å². The van der Waals surface area contributed by atoms with Crippen LogP contribution in [0.4, 0.5) is 4.79 Å². The fourth-order valence-electron chi connectivity index (χ4n) is 3.22. The minimum Gasteiger partial charge on any atom is -0.493 e. The van der Waals surface area contributed by atoms with Crippen LogP contribution in [0.15, 0.2) is 18.2 Å². The summed E-state index contributed by atoms with van der Waals surface area (Å²) in [5, 5.41) is 2.95. The van der Waals surface area contributed by atoms with E-state index in [4.69, 9.17) is 19.9 Å². The van der Waals surface area contributed by atoms with Gasteiger partial charge in [0.1, 0.15) is 5.60 Å². The average molecular weight is 365 g/mol. The van der Waals surface area contributed by atoms with Crippen molar-refractivity contribution in [3.05, 3.63) is 23.8 Å². The van der Waals surface area contributed by atoms with Gasteiger partial charge in [0.15, 0.2) is 11.5 Å². The summed E-state index contributed by atoms with van der Waals surface area (Å²) in [6, 6.07) is 5.97. The summed E-state index contributed by atoms with van der Waals surface area (Å²) in [7, 11) is 3.24. The van der Waals surface area contributed by atoms with E-state index in [1.165, 1.54) is 0 Å². The molecule has 7 heteroatoms. The van der Waals surface area contributed by atoms with E-state index < -0.39 is 5.60 Å². The molecule has 1 fully saturated rings.